The van der Waals surface area contributed by atoms with Crippen LogP contribution in [0.25, 0.3) is 0 Å². The van der Waals surface area contributed by atoms with Crippen molar-refractivity contribution in [3.8, 4) is 0 Å². The monoisotopic (exact) mass is 277 g/mol. The molecule has 0 saturated carbocycles. The van der Waals surface area contributed by atoms with Gasteiger partial charge in [-0.15, -0.1) is 0 Å². The van der Waals surface area contributed by atoms with Crippen LogP contribution in [0.15, 0.2) is 18.2 Å². The Morgan fingerprint density at radius 2 is 2.00 bits per heavy atom. The smallest absolute Gasteiger partial charge is 0.253 e. The molecule has 1 aromatic carbocycles. The second-order valence-corrected chi connectivity index (χ2v) is 5.67. The van der Waals surface area contributed by atoms with Gasteiger partial charge in [0.05, 0.1) is 5.69 Å². The van der Waals surface area contributed by atoms with E-state index >= 15 is 0 Å². The van der Waals surface area contributed by atoms with Gasteiger partial charge in [0.25, 0.3) is 5.91 Å². The lowest BCUT2D eigenvalue weighted by atomic mass is 10.1. The molecule has 4 nitrogen and oxygen atoms in total. The minimum atomic E-state index is -0.474. The summed E-state index contributed by atoms with van der Waals surface area (Å²) in [5, 5.41) is 0. The minimum Gasteiger partial charge on any atom is -0.396 e. The Kier molecular flexibility index (Phi) is 3.61. The molecule has 3 rings (SSSR count). The molecular weight excluding hydrogens is 257 g/mol. The van der Waals surface area contributed by atoms with Crippen LogP contribution in [-0.2, 0) is 0 Å². The van der Waals surface area contributed by atoms with E-state index in [1.165, 1.54) is 31.0 Å². The normalized spacial score (nSPS) is 23.4. The molecule has 108 valence electrons. The standard InChI is InChI=1S/C15H20FN3O/c16-13-4-3-11(9-14(13)17)15(20)19-8-5-12(10-19)18-6-1-2-7-18/h3-4,9,12H,1-2,5-8,10,17H2. The Labute approximate surface area is 118 Å². The van der Waals surface area contributed by atoms with Crippen molar-refractivity contribution in [1.82, 2.24) is 9.80 Å². The topological polar surface area (TPSA) is 49.6 Å². The maximum absolute atomic E-state index is 13.1. The number of halogens is 1. The predicted molar refractivity (Wildman–Crippen MR) is 75.9 cm³/mol. The van der Waals surface area contributed by atoms with E-state index in [1.807, 2.05) is 4.90 Å². The van der Waals surface area contributed by atoms with Gasteiger partial charge in [-0.1, -0.05) is 0 Å². The second kappa shape index (κ2) is 5.40. The summed E-state index contributed by atoms with van der Waals surface area (Å²) in [6.07, 6.45) is 3.56. The first kappa shape index (κ1) is 13.4. The molecular formula is C15H20FN3O. The van der Waals surface area contributed by atoms with Crippen LogP contribution in [-0.4, -0.2) is 47.9 Å². The van der Waals surface area contributed by atoms with E-state index in [-0.39, 0.29) is 11.6 Å². The van der Waals surface area contributed by atoms with Crippen LogP contribution in [0.1, 0.15) is 29.6 Å². The quantitative estimate of drug-likeness (QED) is 0.837. The van der Waals surface area contributed by atoms with Crippen LogP contribution < -0.4 is 5.73 Å². The van der Waals surface area contributed by atoms with Crippen molar-refractivity contribution in [2.45, 2.75) is 25.3 Å². The van der Waals surface area contributed by atoms with Gasteiger partial charge in [0.2, 0.25) is 0 Å². The Balaban J connectivity index is 1.67. The number of carbonyl (C=O) groups excluding carboxylic acids is 1. The molecule has 0 radical (unpaired) electrons. The number of benzene rings is 1. The van der Waals surface area contributed by atoms with Gasteiger partial charge in [-0.3, -0.25) is 9.69 Å². The number of likely N-dealkylation sites (tertiary alicyclic amines) is 2. The molecule has 5 heteroatoms. The highest BCUT2D eigenvalue weighted by Gasteiger charge is 2.31. The van der Waals surface area contributed by atoms with Crippen LogP contribution >= 0.6 is 0 Å². The van der Waals surface area contributed by atoms with Crippen molar-refractivity contribution in [1.29, 1.82) is 0 Å². The number of nitrogen functional groups attached to an aromatic ring is 1. The first-order valence-corrected chi connectivity index (χ1v) is 7.23. The summed E-state index contributed by atoms with van der Waals surface area (Å²) in [5.74, 6) is -0.517. The van der Waals surface area contributed by atoms with Crippen LogP contribution in [0.4, 0.5) is 10.1 Å². The number of carbonyl (C=O) groups is 1. The lowest BCUT2D eigenvalue weighted by molar-refractivity contribution is 0.0780. The molecule has 20 heavy (non-hydrogen) atoms. The van der Waals surface area contributed by atoms with Crippen LogP contribution in [0.5, 0.6) is 0 Å². The zero-order valence-electron chi connectivity index (χ0n) is 11.5. The summed E-state index contributed by atoms with van der Waals surface area (Å²) in [6, 6.07) is 4.69. The van der Waals surface area contributed by atoms with E-state index < -0.39 is 5.82 Å². The summed E-state index contributed by atoms with van der Waals surface area (Å²) in [4.78, 5) is 16.7. The highest BCUT2D eigenvalue weighted by atomic mass is 19.1. The van der Waals surface area contributed by atoms with E-state index in [1.54, 1.807) is 0 Å². The summed E-state index contributed by atoms with van der Waals surface area (Å²) in [6.45, 7) is 3.85. The SMILES string of the molecule is Nc1cc(C(=O)N2CCC(N3CCCC3)C2)ccc1F. The molecule has 2 heterocycles. The third kappa shape index (κ3) is 2.50. The fraction of sp³-hybridized carbons (Fsp3) is 0.533. The van der Waals surface area contributed by atoms with Gasteiger partial charge < -0.3 is 10.6 Å². The molecule has 2 fully saturated rings. The molecule has 0 spiro atoms. The van der Waals surface area contributed by atoms with Gasteiger partial charge in [-0.25, -0.2) is 4.39 Å². The maximum atomic E-state index is 13.1. The fourth-order valence-electron chi connectivity index (χ4n) is 3.19. The molecule has 2 N–H and O–H groups in total. The van der Waals surface area contributed by atoms with Gasteiger partial charge in [-0.05, 0) is 50.6 Å². The summed E-state index contributed by atoms with van der Waals surface area (Å²) in [5.41, 5.74) is 6.04. The molecule has 1 aromatic rings. The average molecular weight is 277 g/mol. The first-order chi connectivity index (χ1) is 9.65. The summed E-state index contributed by atoms with van der Waals surface area (Å²) >= 11 is 0. The Morgan fingerprint density at radius 1 is 1.25 bits per heavy atom. The maximum Gasteiger partial charge on any atom is 0.253 e. The minimum absolute atomic E-state index is 0.0335. The van der Waals surface area contributed by atoms with Crippen molar-refractivity contribution in [3.05, 3.63) is 29.6 Å². The Bertz CT molecular complexity index is 514. The van der Waals surface area contributed by atoms with Crippen molar-refractivity contribution >= 4 is 11.6 Å². The average Bonchev–Trinajstić information content (AvgIpc) is 3.11. The highest BCUT2D eigenvalue weighted by Crippen LogP contribution is 2.22. The molecule has 1 atom stereocenters. The van der Waals surface area contributed by atoms with Crippen molar-refractivity contribution in [2.75, 3.05) is 31.9 Å². The predicted octanol–water partition coefficient (Wildman–Crippen LogP) is 1.72. The Hall–Kier alpha value is -1.62. The van der Waals surface area contributed by atoms with E-state index in [0.29, 0.717) is 11.6 Å². The third-order valence-electron chi connectivity index (χ3n) is 4.35. The largest absolute Gasteiger partial charge is 0.396 e. The molecule has 0 aliphatic carbocycles. The molecule has 1 amide bonds. The van der Waals surface area contributed by atoms with Crippen molar-refractivity contribution in [2.24, 2.45) is 0 Å². The fourth-order valence-corrected chi connectivity index (χ4v) is 3.19. The number of nitrogens with zero attached hydrogens (tertiary/aromatic N) is 2. The zero-order valence-corrected chi connectivity index (χ0v) is 11.5. The van der Waals surface area contributed by atoms with Gasteiger partial charge in [-0.2, -0.15) is 0 Å². The van der Waals surface area contributed by atoms with Crippen LogP contribution in [0.2, 0.25) is 0 Å². The van der Waals surface area contributed by atoms with Gasteiger partial charge >= 0.3 is 0 Å². The second-order valence-electron chi connectivity index (χ2n) is 5.67. The van der Waals surface area contributed by atoms with Crippen LogP contribution in [0.3, 0.4) is 0 Å². The number of hydrogen-bond donors (Lipinski definition) is 1. The van der Waals surface area contributed by atoms with Crippen molar-refractivity contribution in [3.63, 3.8) is 0 Å². The molecule has 2 aliphatic rings. The highest BCUT2D eigenvalue weighted by molar-refractivity contribution is 5.95. The molecule has 2 aliphatic heterocycles. The number of anilines is 1. The molecule has 1 unspecified atom stereocenters. The van der Waals surface area contributed by atoms with Gasteiger partial charge in [0.1, 0.15) is 5.82 Å². The van der Waals surface area contributed by atoms with E-state index in [9.17, 15) is 9.18 Å². The van der Waals surface area contributed by atoms with Gasteiger partial charge in [0, 0.05) is 24.7 Å². The number of rotatable bonds is 2. The molecule has 0 aromatic heterocycles. The third-order valence-corrected chi connectivity index (χ3v) is 4.35. The Morgan fingerprint density at radius 3 is 2.70 bits per heavy atom. The molecule has 0 bridgehead atoms. The van der Waals surface area contributed by atoms with E-state index in [4.69, 9.17) is 5.73 Å². The van der Waals surface area contributed by atoms with Crippen LogP contribution in [0, 0.1) is 5.82 Å². The summed E-state index contributed by atoms with van der Waals surface area (Å²) < 4.78 is 13.1. The van der Waals surface area contributed by atoms with Crippen molar-refractivity contribution < 1.29 is 9.18 Å². The first-order valence-electron chi connectivity index (χ1n) is 7.23. The van der Waals surface area contributed by atoms with E-state index in [2.05, 4.69) is 4.90 Å². The number of hydrogen-bond acceptors (Lipinski definition) is 3. The number of amides is 1. The molecule has 2 saturated heterocycles. The lowest BCUT2D eigenvalue weighted by Gasteiger charge is -2.23. The lowest BCUT2D eigenvalue weighted by Crippen LogP contribution is -2.37. The zero-order chi connectivity index (χ0) is 14.1. The van der Waals surface area contributed by atoms with Gasteiger partial charge in [0.15, 0.2) is 0 Å². The van der Waals surface area contributed by atoms with E-state index in [0.717, 1.165) is 32.6 Å². The number of nitrogens with two attached hydrogens (primary N) is 1. The summed E-state index contributed by atoms with van der Waals surface area (Å²) in [7, 11) is 0.